The zero-order valence-electron chi connectivity index (χ0n) is 10.4. The summed E-state index contributed by atoms with van der Waals surface area (Å²) >= 11 is 6.01. The molecule has 0 bridgehead atoms. The normalized spacial score (nSPS) is 12.4. The summed E-state index contributed by atoms with van der Waals surface area (Å²) in [5.41, 5.74) is 3.76. The van der Waals surface area contributed by atoms with Crippen LogP contribution in [0.4, 0.5) is 4.39 Å². The molecule has 0 aliphatic carbocycles. The summed E-state index contributed by atoms with van der Waals surface area (Å²) in [6, 6.07) is 6.02. The number of benzene rings is 1. The van der Waals surface area contributed by atoms with E-state index in [2.05, 4.69) is 15.4 Å². The molecule has 0 saturated heterocycles. The number of nitrogens with zero attached hydrogens (tertiary/aromatic N) is 2. The first kappa shape index (κ1) is 13.9. The van der Waals surface area contributed by atoms with Gasteiger partial charge in [-0.15, -0.1) is 0 Å². The number of hydrazine groups is 1. The molecule has 2 aromatic rings. The van der Waals surface area contributed by atoms with Crippen molar-refractivity contribution in [3.8, 4) is 0 Å². The zero-order valence-corrected chi connectivity index (χ0v) is 11.2. The highest BCUT2D eigenvalue weighted by Gasteiger charge is 2.17. The van der Waals surface area contributed by atoms with E-state index in [-0.39, 0.29) is 11.9 Å². The second kappa shape index (κ2) is 6.06. The van der Waals surface area contributed by atoms with Crippen LogP contribution in [0.15, 0.2) is 30.5 Å². The van der Waals surface area contributed by atoms with E-state index in [1.807, 2.05) is 0 Å². The average molecular weight is 281 g/mol. The number of rotatable bonds is 4. The maximum absolute atomic E-state index is 13.8. The lowest BCUT2D eigenvalue weighted by Gasteiger charge is -2.16. The average Bonchev–Trinajstić information content (AvgIpc) is 2.38. The van der Waals surface area contributed by atoms with E-state index in [1.54, 1.807) is 31.3 Å². The summed E-state index contributed by atoms with van der Waals surface area (Å²) in [5.74, 6) is 5.81. The van der Waals surface area contributed by atoms with Crippen molar-refractivity contribution in [2.45, 2.75) is 19.4 Å². The second-order valence-corrected chi connectivity index (χ2v) is 4.56. The van der Waals surface area contributed by atoms with Crippen molar-refractivity contribution in [1.82, 2.24) is 15.4 Å². The SMILES string of the molecule is Cc1nccc(C(Cc2c(F)cccc2Cl)NN)n1. The number of aromatic nitrogens is 2. The Morgan fingerprint density at radius 3 is 2.84 bits per heavy atom. The van der Waals surface area contributed by atoms with Crippen LogP contribution in [0, 0.1) is 12.7 Å². The van der Waals surface area contributed by atoms with Crippen molar-refractivity contribution in [2.24, 2.45) is 5.84 Å². The van der Waals surface area contributed by atoms with Crippen LogP contribution >= 0.6 is 11.6 Å². The Hall–Kier alpha value is -1.56. The van der Waals surface area contributed by atoms with Gasteiger partial charge in [0.05, 0.1) is 11.7 Å². The molecule has 1 aromatic carbocycles. The van der Waals surface area contributed by atoms with Crippen LogP contribution in [-0.2, 0) is 6.42 Å². The molecule has 1 heterocycles. The molecule has 19 heavy (non-hydrogen) atoms. The molecule has 3 N–H and O–H groups in total. The van der Waals surface area contributed by atoms with E-state index in [0.717, 1.165) is 0 Å². The van der Waals surface area contributed by atoms with Crippen LogP contribution in [-0.4, -0.2) is 9.97 Å². The summed E-state index contributed by atoms with van der Waals surface area (Å²) < 4.78 is 13.8. The van der Waals surface area contributed by atoms with Gasteiger partial charge in [-0.25, -0.2) is 14.4 Å². The number of aryl methyl sites for hydroxylation is 1. The molecule has 0 radical (unpaired) electrons. The highest BCUT2D eigenvalue weighted by Crippen LogP contribution is 2.24. The first-order chi connectivity index (χ1) is 9.11. The molecule has 0 amide bonds. The molecule has 0 saturated carbocycles. The second-order valence-electron chi connectivity index (χ2n) is 4.15. The Kier molecular flexibility index (Phi) is 4.42. The van der Waals surface area contributed by atoms with Gasteiger partial charge < -0.3 is 0 Å². The molecule has 100 valence electrons. The van der Waals surface area contributed by atoms with Gasteiger partial charge in [0.25, 0.3) is 0 Å². The number of hydrogen-bond acceptors (Lipinski definition) is 4. The summed E-state index contributed by atoms with van der Waals surface area (Å²) in [6.07, 6.45) is 1.96. The van der Waals surface area contributed by atoms with Crippen LogP contribution in [0.25, 0.3) is 0 Å². The molecule has 4 nitrogen and oxygen atoms in total. The van der Waals surface area contributed by atoms with Crippen molar-refractivity contribution in [3.63, 3.8) is 0 Å². The summed E-state index contributed by atoms with van der Waals surface area (Å²) in [7, 11) is 0. The molecule has 1 aromatic heterocycles. The van der Waals surface area contributed by atoms with Gasteiger partial charge in [-0.3, -0.25) is 11.3 Å². The van der Waals surface area contributed by atoms with Gasteiger partial charge >= 0.3 is 0 Å². The van der Waals surface area contributed by atoms with E-state index in [1.165, 1.54) is 6.07 Å². The monoisotopic (exact) mass is 280 g/mol. The van der Waals surface area contributed by atoms with Crippen molar-refractivity contribution < 1.29 is 4.39 Å². The van der Waals surface area contributed by atoms with Crippen LogP contribution in [0.2, 0.25) is 5.02 Å². The smallest absolute Gasteiger partial charge is 0.127 e. The van der Waals surface area contributed by atoms with E-state index in [9.17, 15) is 4.39 Å². The van der Waals surface area contributed by atoms with E-state index >= 15 is 0 Å². The highest BCUT2D eigenvalue weighted by atomic mass is 35.5. The third-order valence-electron chi connectivity index (χ3n) is 2.83. The summed E-state index contributed by atoms with van der Waals surface area (Å²) in [4.78, 5) is 8.30. The Balaban J connectivity index is 2.29. The molecule has 1 unspecified atom stereocenters. The van der Waals surface area contributed by atoms with Crippen molar-refractivity contribution in [3.05, 3.63) is 58.4 Å². The molecule has 1 atom stereocenters. The lowest BCUT2D eigenvalue weighted by molar-refractivity contribution is 0.517. The molecule has 0 aliphatic heterocycles. The number of hydrogen-bond donors (Lipinski definition) is 2. The predicted octanol–water partition coefficient (Wildman–Crippen LogP) is 2.32. The predicted molar refractivity (Wildman–Crippen MR) is 71.9 cm³/mol. The maximum atomic E-state index is 13.8. The van der Waals surface area contributed by atoms with E-state index in [4.69, 9.17) is 17.4 Å². The topological polar surface area (TPSA) is 63.8 Å². The Morgan fingerprint density at radius 1 is 1.42 bits per heavy atom. The Bertz CT molecular complexity index is 556. The van der Waals surface area contributed by atoms with E-state index in [0.29, 0.717) is 28.5 Å². The van der Waals surface area contributed by atoms with Gasteiger partial charge in [-0.05, 0) is 31.5 Å². The largest absolute Gasteiger partial charge is 0.271 e. The maximum Gasteiger partial charge on any atom is 0.127 e. The Labute approximate surface area is 115 Å². The van der Waals surface area contributed by atoms with Crippen LogP contribution in [0.1, 0.15) is 23.1 Å². The molecule has 2 rings (SSSR count). The first-order valence-electron chi connectivity index (χ1n) is 5.80. The van der Waals surface area contributed by atoms with Gasteiger partial charge in [0.15, 0.2) is 0 Å². The number of nitrogens with two attached hydrogens (primary N) is 1. The molecule has 0 spiro atoms. The minimum Gasteiger partial charge on any atom is -0.271 e. The third-order valence-corrected chi connectivity index (χ3v) is 3.18. The number of halogens is 2. The number of nitrogens with one attached hydrogen (secondary N) is 1. The summed E-state index contributed by atoms with van der Waals surface area (Å²) in [5, 5.41) is 0.381. The molecule has 6 heteroatoms. The minimum absolute atomic E-state index is 0.318. The van der Waals surface area contributed by atoms with Crippen molar-refractivity contribution in [1.29, 1.82) is 0 Å². The van der Waals surface area contributed by atoms with Crippen LogP contribution in [0.5, 0.6) is 0 Å². The third kappa shape index (κ3) is 3.26. The van der Waals surface area contributed by atoms with Gasteiger partial charge in [0, 0.05) is 16.8 Å². The lowest BCUT2D eigenvalue weighted by atomic mass is 10.0. The Morgan fingerprint density at radius 2 is 2.21 bits per heavy atom. The molecular formula is C13H14ClFN4. The zero-order chi connectivity index (χ0) is 13.8. The van der Waals surface area contributed by atoms with Gasteiger partial charge in [-0.1, -0.05) is 17.7 Å². The minimum atomic E-state index is -0.349. The standard InChI is InChI=1S/C13H14ClFN4/c1-8-17-6-5-12(18-8)13(19-16)7-9-10(14)3-2-4-11(9)15/h2-6,13,19H,7,16H2,1H3. The lowest BCUT2D eigenvalue weighted by Crippen LogP contribution is -2.30. The van der Waals surface area contributed by atoms with Gasteiger partial charge in [-0.2, -0.15) is 0 Å². The van der Waals surface area contributed by atoms with E-state index < -0.39 is 0 Å². The van der Waals surface area contributed by atoms with Crippen molar-refractivity contribution >= 4 is 11.6 Å². The van der Waals surface area contributed by atoms with Gasteiger partial charge in [0.1, 0.15) is 11.6 Å². The quantitative estimate of drug-likeness (QED) is 0.666. The van der Waals surface area contributed by atoms with Gasteiger partial charge in [0.2, 0.25) is 0 Å². The first-order valence-corrected chi connectivity index (χ1v) is 6.18. The summed E-state index contributed by atoms with van der Waals surface area (Å²) in [6.45, 7) is 1.78. The molecule has 0 fully saturated rings. The van der Waals surface area contributed by atoms with Crippen molar-refractivity contribution in [2.75, 3.05) is 0 Å². The highest BCUT2D eigenvalue weighted by molar-refractivity contribution is 6.31. The van der Waals surface area contributed by atoms with Crippen LogP contribution < -0.4 is 11.3 Å². The fourth-order valence-corrected chi connectivity index (χ4v) is 2.09. The molecular weight excluding hydrogens is 267 g/mol. The fourth-order valence-electron chi connectivity index (χ4n) is 1.85. The fraction of sp³-hybridized carbons (Fsp3) is 0.231. The molecule has 0 aliphatic rings. The van der Waals surface area contributed by atoms with Crippen LogP contribution in [0.3, 0.4) is 0 Å².